The Hall–Kier alpha value is -1.81. The summed E-state index contributed by atoms with van der Waals surface area (Å²) in [6.45, 7) is 0.422. The molecule has 5 heteroatoms. The van der Waals surface area contributed by atoms with Gasteiger partial charge in [0.15, 0.2) is 0 Å². The summed E-state index contributed by atoms with van der Waals surface area (Å²) in [7, 11) is 0. The van der Waals surface area contributed by atoms with Crippen LogP contribution in [0.4, 0.5) is 0 Å². The first-order valence-electron chi connectivity index (χ1n) is 4.74. The Bertz CT molecular complexity index is 476. The van der Waals surface area contributed by atoms with Crippen LogP contribution in [0.25, 0.3) is 0 Å². The van der Waals surface area contributed by atoms with Crippen molar-refractivity contribution in [2.75, 3.05) is 0 Å². The molecule has 1 aromatic carbocycles. The molecule has 1 N–H and O–H groups in total. The molecule has 1 heterocycles. The van der Waals surface area contributed by atoms with Crippen LogP contribution in [0, 0.1) is 0 Å². The SMILES string of the molecule is ON=C(Cn1cccn1)c1ccc(Cl)cc1. The van der Waals surface area contributed by atoms with E-state index < -0.39 is 0 Å². The Morgan fingerprint density at radius 2 is 2.12 bits per heavy atom. The highest BCUT2D eigenvalue weighted by molar-refractivity contribution is 6.30. The van der Waals surface area contributed by atoms with Crippen LogP contribution in [-0.2, 0) is 6.54 Å². The van der Waals surface area contributed by atoms with Crippen LogP contribution in [0.5, 0.6) is 0 Å². The topological polar surface area (TPSA) is 50.4 Å². The molecule has 0 spiro atoms. The van der Waals surface area contributed by atoms with Crippen molar-refractivity contribution in [3.05, 3.63) is 53.3 Å². The van der Waals surface area contributed by atoms with Crippen LogP contribution in [-0.4, -0.2) is 20.7 Å². The van der Waals surface area contributed by atoms with E-state index in [1.807, 2.05) is 6.07 Å². The fraction of sp³-hybridized carbons (Fsp3) is 0.0909. The van der Waals surface area contributed by atoms with Gasteiger partial charge in [-0.3, -0.25) is 4.68 Å². The fourth-order valence-corrected chi connectivity index (χ4v) is 1.50. The largest absolute Gasteiger partial charge is 0.411 e. The van der Waals surface area contributed by atoms with E-state index in [1.165, 1.54) is 0 Å². The molecule has 0 amide bonds. The third-order valence-corrected chi connectivity index (χ3v) is 2.42. The summed E-state index contributed by atoms with van der Waals surface area (Å²) in [4.78, 5) is 0. The van der Waals surface area contributed by atoms with Gasteiger partial charge in [0.25, 0.3) is 0 Å². The lowest BCUT2D eigenvalue weighted by Gasteiger charge is -2.04. The van der Waals surface area contributed by atoms with Gasteiger partial charge in [-0.05, 0) is 18.2 Å². The molecule has 2 rings (SSSR count). The van der Waals surface area contributed by atoms with Gasteiger partial charge in [-0.1, -0.05) is 28.9 Å². The van der Waals surface area contributed by atoms with Crippen molar-refractivity contribution in [2.24, 2.45) is 5.16 Å². The zero-order valence-electron chi connectivity index (χ0n) is 8.42. The summed E-state index contributed by atoms with van der Waals surface area (Å²) in [5.74, 6) is 0. The van der Waals surface area contributed by atoms with Crippen molar-refractivity contribution in [1.82, 2.24) is 9.78 Å². The Kier molecular flexibility index (Phi) is 3.22. The van der Waals surface area contributed by atoms with Gasteiger partial charge >= 0.3 is 0 Å². The van der Waals surface area contributed by atoms with Crippen LogP contribution >= 0.6 is 11.6 Å². The van der Waals surface area contributed by atoms with E-state index in [1.54, 1.807) is 41.3 Å². The van der Waals surface area contributed by atoms with Gasteiger partial charge in [-0.25, -0.2) is 0 Å². The molecule has 4 nitrogen and oxygen atoms in total. The lowest BCUT2D eigenvalue weighted by atomic mass is 10.1. The van der Waals surface area contributed by atoms with Crippen LogP contribution in [0.15, 0.2) is 47.9 Å². The highest BCUT2D eigenvalue weighted by Crippen LogP contribution is 2.11. The Balaban J connectivity index is 2.20. The maximum atomic E-state index is 8.96. The first-order valence-corrected chi connectivity index (χ1v) is 5.11. The molecule has 2 aromatic rings. The quantitative estimate of drug-likeness (QED) is 0.505. The van der Waals surface area contributed by atoms with Crippen LogP contribution in [0.3, 0.4) is 0 Å². The minimum Gasteiger partial charge on any atom is -0.411 e. The summed E-state index contributed by atoms with van der Waals surface area (Å²) in [6.07, 6.45) is 3.48. The summed E-state index contributed by atoms with van der Waals surface area (Å²) in [6, 6.07) is 8.94. The van der Waals surface area contributed by atoms with Crippen LogP contribution in [0.2, 0.25) is 5.02 Å². The normalized spacial score (nSPS) is 11.7. The molecule has 0 aliphatic rings. The first-order chi connectivity index (χ1) is 7.79. The van der Waals surface area contributed by atoms with E-state index in [9.17, 15) is 0 Å². The van der Waals surface area contributed by atoms with Crippen molar-refractivity contribution in [1.29, 1.82) is 0 Å². The molecule has 0 unspecified atom stereocenters. The molecule has 0 fully saturated rings. The Morgan fingerprint density at radius 1 is 1.38 bits per heavy atom. The predicted octanol–water partition coefficient (Wildman–Crippen LogP) is 2.42. The van der Waals surface area contributed by atoms with Gasteiger partial charge < -0.3 is 5.21 Å². The number of hydrogen-bond donors (Lipinski definition) is 1. The molecule has 82 valence electrons. The standard InChI is InChI=1S/C11H10ClN3O/c12-10-4-2-9(3-5-10)11(14-16)8-15-7-1-6-13-15/h1-7,16H,8H2. The lowest BCUT2D eigenvalue weighted by molar-refractivity contribution is 0.317. The number of rotatable bonds is 3. The second kappa shape index (κ2) is 4.81. The van der Waals surface area contributed by atoms with E-state index in [0.717, 1.165) is 5.56 Å². The van der Waals surface area contributed by atoms with Crippen molar-refractivity contribution >= 4 is 17.3 Å². The van der Waals surface area contributed by atoms with Crippen molar-refractivity contribution in [3.63, 3.8) is 0 Å². The molecule has 0 aliphatic carbocycles. The van der Waals surface area contributed by atoms with Gasteiger partial charge in [0.1, 0.15) is 5.71 Å². The molecule has 0 radical (unpaired) electrons. The summed E-state index contributed by atoms with van der Waals surface area (Å²) in [5, 5.41) is 16.9. The number of hydrogen-bond acceptors (Lipinski definition) is 3. The maximum absolute atomic E-state index is 8.96. The van der Waals surface area contributed by atoms with E-state index in [-0.39, 0.29) is 0 Å². The lowest BCUT2D eigenvalue weighted by Crippen LogP contribution is -2.12. The molecule has 0 aliphatic heterocycles. The zero-order valence-corrected chi connectivity index (χ0v) is 9.17. The average molecular weight is 236 g/mol. The third-order valence-electron chi connectivity index (χ3n) is 2.17. The van der Waals surface area contributed by atoms with Crippen molar-refractivity contribution in [3.8, 4) is 0 Å². The van der Waals surface area contributed by atoms with Crippen LogP contribution < -0.4 is 0 Å². The van der Waals surface area contributed by atoms with Gasteiger partial charge in [0.2, 0.25) is 0 Å². The third kappa shape index (κ3) is 2.41. The van der Waals surface area contributed by atoms with Gasteiger partial charge in [0, 0.05) is 23.0 Å². The smallest absolute Gasteiger partial charge is 0.108 e. The molecule has 0 saturated carbocycles. The molecule has 0 saturated heterocycles. The minimum absolute atomic E-state index is 0.422. The molecule has 16 heavy (non-hydrogen) atoms. The number of nitrogens with zero attached hydrogens (tertiary/aromatic N) is 3. The van der Waals surface area contributed by atoms with Crippen molar-refractivity contribution < 1.29 is 5.21 Å². The van der Waals surface area contributed by atoms with E-state index in [2.05, 4.69) is 10.3 Å². The molecule has 0 atom stereocenters. The molecular weight excluding hydrogens is 226 g/mol. The van der Waals surface area contributed by atoms with Gasteiger partial charge in [-0.2, -0.15) is 5.10 Å². The summed E-state index contributed by atoms with van der Waals surface area (Å²) >= 11 is 5.78. The second-order valence-corrected chi connectivity index (χ2v) is 3.69. The van der Waals surface area contributed by atoms with E-state index in [4.69, 9.17) is 16.8 Å². The molecule has 0 bridgehead atoms. The fourth-order valence-electron chi connectivity index (χ4n) is 1.37. The second-order valence-electron chi connectivity index (χ2n) is 3.26. The van der Waals surface area contributed by atoms with E-state index in [0.29, 0.717) is 17.3 Å². The Morgan fingerprint density at radius 3 is 2.69 bits per heavy atom. The number of aromatic nitrogens is 2. The van der Waals surface area contributed by atoms with Gasteiger partial charge in [-0.15, -0.1) is 0 Å². The highest BCUT2D eigenvalue weighted by atomic mass is 35.5. The predicted molar refractivity (Wildman–Crippen MR) is 62.0 cm³/mol. The maximum Gasteiger partial charge on any atom is 0.108 e. The van der Waals surface area contributed by atoms with E-state index >= 15 is 0 Å². The van der Waals surface area contributed by atoms with Crippen LogP contribution in [0.1, 0.15) is 5.56 Å². The Labute approximate surface area is 97.8 Å². The monoisotopic (exact) mass is 235 g/mol. The van der Waals surface area contributed by atoms with Crippen molar-refractivity contribution in [2.45, 2.75) is 6.54 Å². The summed E-state index contributed by atoms with van der Waals surface area (Å²) in [5.41, 5.74) is 1.36. The molecular formula is C11H10ClN3O. The zero-order chi connectivity index (χ0) is 11.4. The van der Waals surface area contributed by atoms with Gasteiger partial charge in [0.05, 0.1) is 6.54 Å². The minimum atomic E-state index is 0.422. The average Bonchev–Trinajstić information content (AvgIpc) is 2.80. The number of benzene rings is 1. The highest BCUT2D eigenvalue weighted by Gasteiger charge is 2.05. The molecule has 1 aromatic heterocycles. The summed E-state index contributed by atoms with van der Waals surface area (Å²) < 4.78 is 1.68. The first kappa shape index (κ1) is 10.7. The number of halogens is 1. The number of oxime groups is 1.